The van der Waals surface area contributed by atoms with Crippen LogP contribution in [0.1, 0.15) is 0 Å². The number of benzene rings is 1. The third-order valence-electron chi connectivity index (χ3n) is 2.16. The molecule has 0 aliphatic rings. The quantitative estimate of drug-likeness (QED) is 0.746. The third kappa shape index (κ3) is 2.32. The van der Waals surface area contributed by atoms with Crippen LogP contribution < -0.4 is 15.8 Å². The summed E-state index contributed by atoms with van der Waals surface area (Å²) in [5, 5.41) is 15.3. The molecule has 2 rings (SSSR count). The van der Waals surface area contributed by atoms with Crippen molar-refractivity contribution >= 4 is 23.7 Å². The van der Waals surface area contributed by atoms with Crippen LogP contribution in [0.15, 0.2) is 24.3 Å². The Morgan fingerprint density at radius 2 is 2.11 bits per heavy atom. The first-order valence-electron chi connectivity index (χ1n) is 4.97. The van der Waals surface area contributed by atoms with Gasteiger partial charge in [0.1, 0.15) is 5.75 Å². The molecule has 2 aromatic rings. The number of ether oxygens (including phenoxy) is 1. The van der Waals surface area contributed by atoms with Gasteiger partial charge in [-0.3, -0.25) is 0 Å². The Morgan fingerprint density at radius 1 is 1.44 bits per heavy atom. The van der Waals surface area contributed by atoms with Gasteiger partial charge < -0.3 is 20.9 Å². The van der Waals surface area contributed by atoms with Crippen LogP contribution in [-0.2, 0) is 0 Å². The summed E-state index contributed by atoms with van der Waals surface area (Å²) in [4.78, 5) is 14.5. The molecule has 0 saturated carbocycles. The second-order valence-corrected chi connectivity index (χ2v) is 3.34. The van der Waals surface area contributed by atoms with Crippen molar-refractivity contribution in [2.24, 2.45) is 0 Å². The molecule has 18 heavy (non-hydrogen) atoms. The van der Waals surface area contributed by atoms with Crippen molar-refractivity contribution in [3.63, 3.8) is 0 Å². The van der Waals surface area contributed by atoms with E-state index >= 15 is 0 Å². The second kappa shape index (κ2) is 4.62. The first kappa shape index (κ1) is 11.7. The van der Waals surface area contributed by atoms with Crippen molar-refractivity contribution < 1.29 is 14.6 Å². The molecule has 0 aliphatic heterocycles. The Hall–Kier alpha value is -2.77. The maximum Gasteiger partial charge on any atom is 0.435 e. The summed E-state index contributed by atoms with van der Waals surface area (Å²) in [6, 6.07) is 6.99. The smallest absolute Gasteiger partial charge is 0.435 e. The molecule has 8 heteroatoms. The highest BCUT2D eigenvalue weighted by Crippen LogP contribution is 2.18. The topological polar surface area (TPSA) is 115 Å². The molecule has 0 fully saturated rings. The van der Waals surface area contributed by atoms with Crippen LogP contribution in [0.4, 0.5) is 22.4 Å². The molecule has 0 spiro atoms. The molecule has 0 unspecified atom stereocenters. The molecular formula is C10H11N5O3. The van der Waals surface area contributed by atoms with Gasteiger partial charge in [0.15, 0.2) is 0 Å². The van der Waals surface area contributed by atoms with E-state index in [4.69, 9.17) is 15.6 Å². The maximum atomic E-state index is 10.7. The van der Waals surface area contributed by atoms with Crippen LogP contribution in [0.3, 0.4) is 0 Å². The predicted molar refractivity (Wildman–Crippen MR) is 64.1 cm³/mol. The molecule has 0 aliphatic carbocycles. The molecule has 4 N–H and O–H groups in total. The van der Waals surface area contributed by atoms with Gasteiger partial charge in [-0.05, 0) is 24.3 Å². The van der Waals surface area contributed by atoms with Crippen LogP contribution in [-0.4, -0.2) is 33.1 Å². The summed E-state index contributed by atoms with van der Waals surface area (Å²) in [5.74, 6) is 0.627. The Kier molecular flexibility index (Phi) is 3.00. The minimum Gasteiger partial charge on any atom is -0.497 e. The third-order valence-corrected chi connectivity index (χ3v) is 2.16. The Labute approximate surface area is 102 Å². The minimum atomic E-state index is -1.29. The number of hydrogen-bond acceptors (Lipinski definition) is 6. The Morgan fingerprint density at radius 3 is 2.61 bits per heavy atom. The van der Waals surface area contributed by atoms with E-state index in [1.54, 1.807) is 31.4 Å². The molecule has 8 nitrogen and oxygen atoms in total. The van der Waals surface area contributed by atoms with E-state index in [9.17, 15) is 4.79 Å². The summed E-state index contributed by atoms with van der Waals surface area (Å²) in [6.45, 7) is 0. The zero-order chi connectivity index (χ0) is 13.1. The van der Waals surface area contributed by atoms with Crippen LogP contribution in [0.2, 0.25) is 0 Å². The summed E-state index contributed by atoms with van der Waals surface area (Å²) < 4.78 is 5.60. The molecule has 1 aromatic heterocycles. The predicted octanol–water partition coefficient (Wildman–Crippen LogP) is 1.14. The van der Waals surface area contributed by atoms with Crippen molar-refractivity contribution in [3.05, 3.63) is 24.3 Å². The number of nitrogens with two attached hydrogens (primary N) is 1. The van der Waals surface area contributed by atoms with Crippen molar-refractivity contribution in [2.75, 3.05) is 18.2 Å². The van der Waals surface area contributed by atoms with Crippen LogP contribution in [0.25, 0.3) is 0 Å². The molecule has 0 amide bonds. The van der Waals surface area contributed by atoms with Crippen molar-refractivity contribution in [1.82, 2.24) is 14.8 Å². The standard InChI is InChI=1S/C10H11N5O3/c1-18-7-4-2-6(3-5-7)12-9-13-8(11)15(14-9)10(16)17/h2-5H,1H3,(H,16,17)(H3,11,12,13,14). The summed E-state index contributed by atoms with van der Waals surface area (Å²) in [7, 11) is 1.57. The summed E-state index contributed by atoms with van der Waals surface area (Å²) >= 11 is 0. The first-order valence-corrected chi connectivity index (χ1v) is 4.97. The van der Waals surface area contributed by atoms with Crippen LogP contribution in [0.5, 0.6) is 5.75 Å². The summed E-state index contributed by atoms with van der Waals surface area (Å²) in [5.41, 5.74) is 6.08. The van der Waals surface area contributed by atoms with E-state index in [0.717, 1.165) is 0 Å². The van der Waals surface area contributed by atoms with Crippen molar-refractivity contribution in [1.29, 1.82) is 0 Å². The highest BCUT2D eigenvalue weighted by molar-refractivity contribution is 5.71. The van der Waals surface area contributed by atoms with Gasteiger partial charge in [-0.25, -0.2) is 4.79 Å². The fourth-order valence-corrected chi connectivity index (χ4v) is 1.32. The fourth-order valence-electron chi connectivity index (χ4n) is 1.32. The van der Waals surface area contributed by atoms with E-state index in [-0.39, 0.29) is 11.9 Å². The van der Waals surface area contributed by atoms with E-state index in [2.05, 4.69) is 15.4 Å². The van der Waals surface area contributed by atoms with Gasteiger partial charge in [0, 0.05) is 5.69 Å². The lowest BCUT2D eigenvalue weighted by atomic mass is 10.3. The SMILES string of the molecule is COc1ccc(Nc2nc(N)n(C(=O)O)n2)cc1. The van der Waals surface area contributed by atoms with Gasteiger partial charge in [0.2, 0.25) is 11.9 Å². The first-order chi connectivity index (χ1) is 8.60. The lowest BCUT2D eigenvalue weighted by molar-refractivity contribution is 0.193. The van der Waals surface area contributed by atoms with Gasteiger partial charge in [0.25, 0.3) is 0 Å². The second-order valence-electron chi connectivity index (χ2n) is 3.34. The lowest BCUT2D eigenvalue weighted by Crippen LogP contribution is -2.13. The normalized spacial score (nSPS) is 10.1. The van der Waals surface area contributed by atoms with E-state index in [1.807, 2.05) is 0 Å². The monoisotopic (exact) mass is 249 g/mol. The zero-order valence-electron chi connectivity index (χ0n) is 9.49. The molecule has 94 valence electrons. The lowest BCUT2D eigenvalue weighted by Gasteiger charge is -2.03. The number of carbonyl (C=O) groups is 1. The van der Waals surface area contributed by atoms with E-state index in [1.165, 1.54) is 0 Å². The molecule has 0 saturated heterocycles. The molecule has 1 aromatic carbocycles. The van der Waals surface area contributed by atoms with Crippen molar-refractivity contribution in [2.45, 2.75) is 0 Å². The van der Waals surface area contributed by atoms with Gasteiger partial charge >= 0.3 is 6.09 Å². The molecule has 0 radical (unpaired) electrons. The summed E-state index contributed by atoms with van der Waals surface area (Å²) in [6.07, 6.45) is -1.29. The number of methoxy groups -OCH3 is 1. The number of nitrogens with zero attached hydrogens (tertiary/aromatic N) is 3. The fraction of sp³-hybridized carbons (Fsp3) is 0.100. The number of rotatable bonds is 3. The van der Waals surface area contributed by atoms with Gasteiger partial charge in [-0.2, -0.15) is 4.98 Å². The Bertz CT molecular complexity index is 563. The molecular weight excluding hydrogens is 238 g/mol. The van der Waals surface area contributed by atoms with E-state index in [0.29, 0.717) is 16.1 Å². The van der Waals surface area contributed by atoms with E-state index < -0.39 is 6.09 Å². The van der Waals surface area contributed by atoms with Crippen LogP contribution >= 0.6 is 0 Å². The minimum absolute atomic E-state index is 0.111. The number of anilines is 3. The van der Waals surface area contributed by atoms with Gasteiger partial charge in [-0.15, -0.1) is 9.78 Å². The number of hydrogen-bond donors (Lipinski definition) is 3. The zero-order valence-corrected chi connectivity index (χ0v) is 9.49. The van der Waals surface area contributed by atoms with Gasteiger partial charge in [-0.1, -0.05) is 0 Å². The number of aromatic nitrogens is 3. The Balaban J connectivity index is 2.18. The van der Waals surface area contributed by atoms with Gasteiger partial charge in [0.05, 0.1) is 7.11 Å². The largest absolute Gasteiger partial charge is 0.497 e. The van der Waals surface area contributed by atoms with Crippen molar-refractivity contribution in [3.8, 4) is 5.75 Å². The highest BCUT2D eigenvalue weighted by atomic mass is 16.5. The maximum absolute atomic E-state index is 10.7. The number of nitrogens with one attached hydrogen (secondary N) is 1. The number of nitrogen functional groups attached to an aromatic ring is 1. The number of carboxylic acid groups (broad SMARTS) is 1. The van der Waals surface area contributed by atoms with Crippen LogP contribution in [0, 0.1) is 0 Å². The average Bonchev–Trinajstić information content (AvgIpc) is 2.71. The molecule has 0 bridgehead atoms. The molecule has 0 atom stereocenters. The average molecular weight is 249 g/mol. The molecule has 1 heterocycles. The highest BCUT2D eigenvalue weighted by Gasteiger charge is 2.12.